The number of hydrogen-bond acceptors (Lipinski definition) is 6. The second-order valence-electron chi connectivity index (χ2n) is 6.09. The second kappa shape index (κ2) is 7.64. The first-order chi connectivity index (χ1) is 12.5. The van der Waals surface area contributed by atoms with Gasteiger partial charge in [-0.05, 0) is 18.2 Å². The Kier molecular flexibility index (Phi) is 5.12. The minimum Gasteiger partial charge on any atom is -0.378 e. The van der Waals surface area contributed by atoms with E-state index in [4.69, 9.17) is 5.73 Å². The molecule has 0 radical (unpaired) electrons. The number of carbonyl (C=O) groups is 1. The molecule has 4 N–H and O–H groups in total. The van der Waals surface area contributed by atoms with Crippen LogP contribution in [-0.4, -0.2) is 46.0 Å². The summed E-state index contributed by atoms with van der Waals surface area (Å²) < 4.78 is 0. The van der Waals surface area contributed by atoms with Gasteiger partial charge in [0.1, 0.15) is 6.04 Å². The SMILES string of the molecule is CN(C)c1ccc(-c2ccnc(N[C@@H](Cc3cnc[nH]3)C(N)=O)n2)cc1. The Balaban J connectivity index is 1.78. The Morgan fingerprint density at radius 2 is 2.04 bits per heavy atom. The van der Waals surface area contributed by atoms with Crippen molar-refractivity contribution in [2.45, 2.75) is 12.5 Å². The van der Waals surface area contributed by atoms with Gasteiger partial charge in [-0.3, -0.25) is 4.79 Å². The van der Waals surface area contributed by atoms with Crippen LogP contribution in [0.2, 0.25) is 0 Å². The van der Waals surface area contributed by atoms with Crippen LogP contribution in [0.3, 0.4) is 0 Å². The third-order valence-electron chi connectivity index (χ3n) is 3.96. The van der Waals surface area contributed by atoms with Crippen molar-refractivity contribution < 1.29 is 4.79 Å². The van der Waals surface area contributed by atoms with Crippen molar-refractivity contribution in [1.29, 1.82) is 0 Å². The molecule has 26 heavy (non-hydrogen) atoms. The maximum Gasteiger partial charge on any atom is 0.240 e. The van der Waals surface area contributed by atoms with Crippen LogP contribution in [0, 0.1) is 0 Å². The van der Waals surface area contributed by atoms with Gasteiger partial charge in [-0.15, -0.1) is 0 Å². The Morgan fingerprint density at radius 1 is 1.27 bits per heavy atom. The highest BCUT2D eigenvalue weighted by molar-refractivity contribution is 5.82. The minimum absolute atomic E-state index is 0.350. The summed E-state index contributed by atoms with van der Waals surface area (Å²) in [5.74, 6) is -0.133. The van der Waals surface area contributed by atoms with Crippen LogP contribution >= 0.6 is 0 Å². The van der Waals surface area contributed by atoms with E-state index in [1.54, 1.807) is 18.7 Å². The molecular weight excluding hydrogens is 330 g/mol. The van der Waals surface area contributed by atoms with E-state index in [1.165, 1.54) is 0 Å². The highest BCUT2D eigenvalue weighted by Gasteiger charge is 2.18. The molecular formula is C18H21N7O. The molecule has 1 aromatic carbocycles. The van der Waals surface area contributed by atoms with Crippen LogP contribution < -0.4 is 16.0 Å². The molecule has 0 saturated heterocycles. The lowest BCUT2D eigenvalue weighted by molar-refractivity contribution is -0.118. The Bertz CT molecular complexity index is 860. The molecule has 0 fully saturated rings. The number of rotatable bonds is 7. The number of amides is 1. The molecule has 1 amide bonds. The van der Waals surface area contributed by atoms with E-state index in [0.717, 1.165) is 22.6 Å². The minimum atomic E-state index is -0.637. The molecule has 0 saturated carbocycles. The molecule has 0 bridgehead atoms. The first-order valence-electron chi connectivity index (χ1n) is 8.17. The number of H-pyrrole nitrogens is 1. The summed E-state index contributed by atoms with van der Waals surface area (Å²) in [6.07, 6.45) is 5.24. The zero-order chi connectivity index (χ0) is 18.5. The van der Waals surface area contributed by atoms with Gasteiger partial charge >= 0.3 is 0 Å². The number of benzene rings is 1. The van der Waals surface area contributed by atoms with E-state index in [1.807, 2.05) is 49.3 Å². The fourth-order valence-electron chi connectivity index (χ4n) is 2.51. The number of primary amides is 1. The van der Waals surface area contributed by atoms with Crippen LogP contribution in [0.15, 0.2) is 49.1 Å². The summed E-state index contributed by atoms with van der Waals surface area (Å²) in [7, 11) is 3.98. The van der Waals surface area contributed by atoms with Gasteiger partial charge in [-0.1, -0.05) is 12.1 Å². The van der Waals surface area contributed by atoms with Gasteiger partial charge in [0.25, 0.3) is 0 Å². The lowest BCUT2D eigenvalue weighted by Crippen LogP contribution is -2.37. The average molecular weight is 351 g/mol. The number of aromatic nitrogens is 4. The van der Waals surface area contributed by atoms with Crippen molar-refractivity contribution in [3.8, 4) is 11.3 Å². The van der Waals surface area contributed by atoms with Crippen molar-refractivity contribution in [2.75, 3.05) is 24.3 Å². The number of nitrogens with one attached hydrogen (secondary N) is 2. The normalized spacial score (nSPS) is 11.8. The van der Waals surface area contributed by atoms with E-state index < -0.39 is 11.9 Å². The summed E-state index contributed by atoms with van der Waals surface area (Å²) in [6, 6.07) is 9.23. The summed E-state index contributed by atoms with van der Waals surface area (Å²) >= 11 is 0. The van der Waals surface area contributed by atoms with E-state index >= 15 is 0 Å². The van der Waals surface area contributed by atoms with Gasteiger partial charge < -0.3 is 20.9 Å². The summed E-state index contributed by atoms with van der Waals surface area (Å²) in [6.45, 7) is 0. The predicted octanol–water partition coefficient (Wildman–Crippen LogP) is 1.44. The quantitative estimate of drug-likeness (QED) is 0.594. The maximum absolute atomic E-state index is 11.8. The number of nitrogens with zero attached hydrogens (tertiary/aromatic N) is 4. The molecule has 134 valence electrons. The van der Waals surface area contributed by atoms with Crippen molar-refractivity contribution in [1.82, 2.24) is 19.9 Å². The second-order valence-corrected chi connectivity index (χ2v) is 6.09. The van der Waals surface area contributed by atoms with Crippen LogP contribution in [0.4, 0.5) is 11.6 Å². The van der Waals surface area contributed by atoms with E-state index in [9.17, 15) is 4.79 Å². The number of imidazole rings is 1. The lowest BCUT2D eigenvalue weighted by Gasteiger charge is -2.15. The van der Waals surface area contributed by atoms with E-state index in [-0.39, 0.29) is 0 Å². The molecule has 3 rings (SSSR count). The molecule has 8 nitrogen and oxygen atoms in total. The molecule has 0 aliphatic heterocycles. The molecule has 0 aliphatic carbocycles. The highest BCUT2D eigenvalue weighted by atomic mass is 16.1. The molecule has 0 spiro atoms. The van der Waals surface area contributed by atoms with Gasteiger partial charge in [-0.25, -0.2) is 15.0 Å². The zero-order valence-corrected chi connectivity index (χ0v) is 14.7. The Labute approximate surface area is 151 Å². The van der Waals surface area contributed by atoms with Crippen LogP contribution in [0.25, 0.3) is 11.3 Å². The lowest BCUT2D eigenvalue weighted by atomic mass is 10.1. The zero-order valence-electron chi connectivity index (χ0n) is 14.7. The van der Waals surface area contributed by atoms with Gasteiger partial charge in [-0.2, -0.15) is 0 Å². The standard InChI is InChI=1S/C18H21N7O/c1-25(2)14-5-3-12(4-6-14)15-7-8-21-18(23-15)24-16(17(19)26)9-13-10-20-11-22-13/h3-8,10-11,16H,9H2,1-2H3,(H2,19,26)(H,20,22)(H,21,23,24)/t16-/m0/s1. The van der Waals surface area contributed by atoms with Crippen LogP contribution in [0.1, 0.15) is 5.69 Å². The van der Waals surface area contributed by atoms with Crippen molar-refractivity contribution in [2.24, 2.45) is 5.73 Å². The Hall–Kier alpha value is -3.42. The van der Waals surface area contributed by atoms with Crippen LogP contribution in [-0.2, 0) is 11.2 Å². The predicted molar refractivity (Wildman–Crippen MR) is 101 cm³/mol. The third-order valence-corrected chi connectivity index (χ3v) is 3.96. The Morgan fingerprint density at radius 3 is 2.65 bits per heavy atom. The maximum atomic E-state index is 11.8. The highest BCUT2D eigenvalue weighted by Crippen LogP contribution is 2.21. The number of anilines is 2. The van der Waals surface area contributed by atoms with Gasteiger partial charge in [0.15, 0.2) is 0 Å². The summed E-state index contributed by atoms with van der Waals surface area (Å²) in [5.41, 5.74) is 9.13. The van der Waals surface area contributed by atoms with E-state index in [2.05, 4.69) is 25.3 Å². The van der Waals surface area contributed by atoms with Gasteiger partial charge in [0, 0.05) is 49.9 Å². The molecule has 2 aromatic heterocycles. The average Bonchev–Trinajstić information content (AvgIpc) is 3.14. The third kappa shape index (κ3) is 4.15. The molecule has 0 aliphatic rings. The fourth-order valence-corrected chi connectivity index (χ4v) is 2.51. The van der Waals surface area contributed by atoms with Crippen molar-refractivity contribution >= 4 is 17.5 Å². The van der Waals surface area contributed by atoms with Gasteiger partial charge in [0.2, 0.25) is 11.9 Å². The summed E-state index contributed by atoms with van der Waals surface area (Å²) in [4.78, 5) is 29.4. The first kappa shape index (κ1) is 17.4. The molecule has 3 aromatic rings. The van der Waals surface area contributed by atoms with Gasteiger partial charge in [0.05, 0.1) is 12.0 Å². The van der Waals surface area contributed by atoms with Crippen molar-refractivity contribution in [3.05, 3.63) is 54.7 Å². The van der Waals surface area contributed by atoms with Crippen molar-refractivity contribution in [3.63, 3.8) is 0 Å². The monoisotopic (exact) mass is 351 g/mol. The first-order valence-corrected chi connectivity index (χ1v) is 8.17. The smallest absolute Gasteiger partial charge is 0.240 e. The summed E-state index contributed by atoms with van der Waals surface area (Å²) in [5, 5.41) is 3.00. The fraction of sp³-hybridized carbons (Fsp3) is 0.222. The topological polar surface area (TPSA) is 113 Å². The molecule has 2 heterocycles. The van der Waals surface area contributed by atoms with Crippen LogP contribution in [0.5, 0.6) is 0 Å². The molecule has 0 unspecified atom stereocenters. The molecule has 8 heteroatoms. The number of carbonyl (C=O) groups excluding carboxylic acids is 1. The number of hydrogen-bond donors (Lipinski definition) is 3. The number of aromatic amines is 1. The number of nitrogens with two attached hydrogens (primary N) is 1. The largest absolute Gasteiger partial charge is 0.378 e. The van der Waals surface area contributed by atoms with E-state index in [0.29, 0.717) is 12.4 Å². The molecule has 1 atom stereocenters.